The summed E-state index contributed by atoms with van der Waals surface area (Å²) < 4.78 is 12.3. The zero-order valence-corrected chi connectivity index (χ0v) is 20.7. The average molecular weight is 509 g/mol. The van der Waals surface area contributed by atoms with Crippen LogP contribution in [0.1, 0.15) is 49.4 Å². The maximum absolute atomic E-state index is 13.5. The Morgan fingerprint density at radius 2 is 2.24 bits per heavy atom. The number of carbonyl (C=O) groups excluding carboxylic acids is 2. The molecule has 10 nitrogen and oxygen atoms in total. The predicted molar refractivity (Wildman–Crippen MR) is 131 cm³/mol. The van der Waals surface area contributed by atoms with Gasteiger partial charge in [-0.3, -0.25) is 4.79 Å². The molecule has 1 saturated carbocycles. The number of amides is 1. The number of esters is 1. The Kier molecular flexibility index (Phi) is 5.57. The number of aromatic hydroxyl groups is 1. The van der Waals surface area contributed by atoms with E-state index in [-0.39, 0.29) is 37.0 Å². The largest absolute Gasteiger partial charge is 0.504 e. The summed E-state index contributed by atoms with van der Waals surface area (Å²) in [6.07, 6.45) is 6.89. The molecule has 0 saturated heterocycles. The number of ether oxygens (including phenoxy) is 2. The molecule has 3 aliphatic carbocycles. The highest BCUT2D eigenvalue weighted by Crippen LogP contribution is 2.68. The number of hydrogen-bond donors (Lipinski definition) is 5. The van der Waals surface area contributed by atoms with Crippen LogP contribution in [0, 0.1) is 11.8 Å². The number of H-pyrrole nitrogens is 1. The van der Waals surface area contributed by atoms with Crippen molar-refractivity contribution in [2.45, 2.75) is 68.6 Å². The number of rotatable bonds is 7. The van der Waals surface area contributed by atoms with Gasteiger partial charge in [0.2, 0.25) is 5.91 Å². The van der Waals surface area contributed by atoms with Gasteiger partial charge in [-0.05, 0) is 55.2 Å². The third-order valence-corrected chi connectivity index (χ3v) is 8.91. The molecule has 37 heavy (non-hydrogen) atoms. The minimum atomic E-state index is -1.08. The number of phenols is 1. The van der Waals surface area contributed by atoms with Crippen molar-refractivity contribution in [3.05, 3.63) is 53.3 Å². The maximum Gasteiger partial charge on any atom is 0.334 e. The van der Waals surface area contributed by atoms with E-state index in [9.17, 15) is 19.8 Å². The molecule has 2 aromatic rings. The Morgan fingerprint density at radius 1 is 1.41 bits per heavy atom. The van der Waals surface area contributed by atoms with Gasteiger partial charge in [0.1, 0.15) is 11.8 Å². The van der Waals surface area contributed by atoms with Crippen LogP contribution in [0.25, 0.3) is 0 Å². The number of nitrogens with two attached hydrogens (primary N) is 1. The number of aromatic amines is 1. The summed E-state index contributed by atoms with van der Waals surface area (Å²) >= 11 is 0. The number of nitrogens with zero attached hydrogens (tertiary/aromatic N) is 1. The molecular formula is C27H32N4O6. The Morgan fingerprint density at radius 3 is 3.00 bits per heavy atom. The van der Waals surface area contributed by atoms with E-state index >= 15 is 0 Å². The van der Waals surface area contributed by atoms with Crippen molar-refractivity contribution in [1.82, 2.24) is 15.3 Å². The third kappa shape index (κ3) is 3.42. The van der Waals surface area contributed by atoms with E-state index in [1.54, 1.807) is 18.3 Å². The zero-order valence-electron chi connectivity index (χ0n) is 20.7. The molecule has 1 spiro atoms. The Hall–Kier alpha value is -3.37. The van der Waals surface area contributed by atoms with Crippen LogP contribution in [0.3, 0.4) is 0 Å². The minimum Gasteiger partial charge on any atom is -0.504 e. The van der Waals surface area contributed by atoms with E-state index < -0.39 is 29.1 Å². The van der Waals surface area contributed by atoms with Crippen LogP contribution in [0.2, 0.25) is 0 Å². The molecule has 0 radical (unpaired) electrons. The molecule has 2 heterocycles. The van der Waals surface area contributed by atoms with Crippen molar-refractivity contribution in [3.63, 3.8) is 0 Å². The molecule has 10 heteroatoms. The molecular weight excluding hydrogens is 476 g/mol. The Labute approximate surface area is 214 Å². The van der Waals surface area contributed by atoms with Crippen molar-refractivity contribution >= 4 is 11.9 Å². The van der Waals surface area contributed by atoms with Gasteiger partial charge in [0.05, 0.1) is 23.0 Å². The second-order valence-corrected chi connectivity index (χ2v) is 10.8. The van der Waals surface area contributed by atoms with Crippen molar-refractivity contribution < 1.29 is 29.3 Å². The minimum absolute atomic E-state index is 0.0121. The summed E-state index contributed by atoms with van der Waals surface area (Å²) in [6, 6.07) is 2.57. The van der Waals surface area contributed by atoms with E-state index in [1.807, 2.05) is 6.07 Å². The molecule has 1 aromatic carbocycles. The van der Waals surface area contributed by atoms with Crippen molar-refractivity contribution in [1.29, 1.82) is 0 Å². The standard InChI is InChI=1S/C27H32N4O6/c1-14-4-7-26-22-15-2-3-19(32)23(22)37-24(26)20(5-8-27(26,35)17(14)10-15)36-25(34)18(31-21(33)6-9-28)11-16-12-29-13-30-16/h2-3,5,12-14,17-18,24,32,35H,4,6-11,28H2,1H3,(H,29,30)(H,31,33)/t14?,17-,18-,24-,26-,27+/m0/s1. The Bertz CT molecular complexity index is 1280. The second-order valence-electron chi connectivity index (χ2n) is 10.8. The van der Waals surface area contributed by atoms with Gasteiger partial charge in [-0.15, -0.1) is 0 Å². The number of imidazole rings is 1. The number of benzene rings is 1. The predicted octanol–water partition coefficient (Wildman–Crippen LogP) is 1.35. The van der Waals surface area contributed by atoms with E-state index in [1.165, 1.54) is 6.33 Å². The summed E-state index contributed by atoms with van der Waals surface area (Å²) in [5, 5.41) is 25.7. The van der Waals surface area contributed by atoms with Gasteiger partial charge in [0.25, 0.3) is 0 Å². The van der Waals surface area contributed by atoms with Crippen molar-refractivity contribution in [2.75, 3.05) is 6.54 Å². The van der Waals surface area contributed by atoms with Crippen LogP contribution in [-0.4, -0.2) is 56.3 Å². The summed E-state index contributed by atoms with van der Waals surface area (Å²) in [7, 11) is 0. The summed E-state index contributed by atoms with van der Waals surface area (Å²) in [4.78, 5) is 32.8. The first kappa shape index (κ1) is 24.0. The number of aromatic nitrogens is 2. The zero-order chi connectivity index (χ0) is 25.9. The molecule has 1 amide bonds. The first-order valence-corrected chi connectivity index (χ1v) is 12.9. The number of aliphatic hydroxyl groups is 1. The monoisotopic (exact) mass is 508 g/mol. The molecule has 1 aliphatic heterocycles. The van der Waals surface area contributed by atoms with Crippen LogP contribution < -0.4 is 15.8 Å². The lowest BCUT2D eigenvalue weighted by Crippen LogP contribution is -2.69. The van der Waals surface area contributed by atoms with Gasteiger partial charge in [0.15, 0.2) is 17.6 Å². The molecule has 196 valence electrons. The SMILES string of the molecule is CC1CC[C@]23c4c5ccc(O)c4O[C@H]2C(OC(=O)[C@H](Cc2c[nH]cn2)NC(=O)CCN)=CC[C@@]3(O)[C@H]1C5. The van der Waals surface area contributed by atoms with E-state index in [4.69, 9.17) is 15.2 Å². The quantitative estimate of drug-likeness (QED) is 0.351. The van der Waals surface area contributed by atoms with Gasteiger partial charge < -0.3 is 35.7 Å². The lowest BCUT2D eigenvalue weighted by molar-refractivity contribution is -0.171. The highest BCUT2D eigenvalue weighted by Gasteiger charge is 2.72. The third-order valence-electron chi connectivity index (χ3n) is 8.91. The number of carbonyl (C=O) groups is 2. The lowest BCUT2D eigenvalue weighted by Gasteiger charge is -2.61. The van der Waals surface area contributed by atoms with Crippen molar-refractivity contribution in [2.24, 2.45) is 17.6 Å². The van der Waals surface area contributed by atoms with E-state index in [0.717, 1.165) is 17.5 Å². The van der Waals surface area contributed by atoms with Crippen LogP contribution in [0.5, 0.6) is 11.5 Å². The van der Waals surface area contributed by atoms with Gasteiger partial charge in [-0.1, -0.05) is 13.0 Å². The normalized spacial score (nSPS) is 31.5. The number of hydrogen-bond acceptors (Lipinski definition) is 8. The van der Waals surface area contributed by atoms with Crippen molar-refractivity contribution in [3.8, 4) is 11.5 Å². The fraction of sp³-hybridized carbons (Fsp3) is 0.519. The van der Waals surface area contributed by atoms with Gasteiger partial charge in [-0.25, -0.2) is 9.78 Å². The molecule has 1 unspecified atom stereocenters. The average Bonchev–Trinajstić information content (AvgIpc) is 3.50. The molecule has 1 fully saturated rings. The number of phenolic OH excluding ortho intramolecular Hbond substituents is 1. The molecule has 6 atom stereocenters. The maximum atomic E-state index is 13.5. The highest BCUT2D eigenvalue weighted by atomic mass is 16.6. The smallest absolute Gasteiger partial charge is 0.334 e. The lowest BCUT2D eigenvalue weighted by atomic mass is 9.45. The van der Waals surface area contributed by atoms with Gasteiger partial charge >= 0.3 is 5.97 Å². The molecule has 6 N–H and O–H groups in total. The van der Waals surface area contributed by atoms with Crippen LogP contribution in [-0.2, 0) is 32.6 Å². The highest BCUT2D eigenvalue weighted by molar-refractivity contribution is 5.85. The summed E-state index contributed by atoms with van der Waals surface area (Å²) in [5.41, 5.74) is 6.11. The molecule has 6 rings (SSSR count). The van der Waals surface area contributed by atoms with Crippen LogP contribution in [0.15, 0.2) is 36.5 Å². The number of nitrogens with one attached hydrogen (secondary N) is 2. The van der Waals surface area contributed by atoms with Gasteiger partial charge in [0, 0.05) is 31.1 Å². The van der Waals surface area contributed by atoms with Gasteiger partial charge in [-0.2, -0.15) is 0 Å². The fourth-order valence-electron chi connectivity index (χ4n) is 7.20. The van der Waals surface area contributed by atoms with E-state index in [2.05, 4.69) is 22.2 Å². The molecule has 2 bridgehead atoms. The summed E-state index contributed by atoms with van der Waals surface area (Å²) in [5.74, 6) is -0.00246. The van der Waals surface area contributed by atoms with Crippen LogP contribution in [0.4, 0.5) is 0 Å². The summed E-state index contributed by atoms with van der Waals surface area (Å²) in [6.45, 7) is 2.33. The van der Waals surface area contributed by atoms with Crippen LogP contribution >= 0.6 is 0 Å². The first-order chi connectivity index (χ1) is 17.8. The molecule has 4 aliphatic rings. The second kappa shape index (κ2) is 8.59. The topological polar surface area (TPSA) is 160 Å². The Balaban J connectivity index is 1.35. The fourth-order valence-corrected chi connectivity index (χ4v) is 7.20. The first-order valence-electron chi connectivity index (χ1n) is 12.9. The van der Waals surface area contributed by atoms with E-state index in [0.29, 0.717) is 42.4 Å². The molecule has 1 aromatic heterocycles.